The first-order chi connectivity index (χ1) is 9.36. The minimum Gasteiger partial charge on any atom is -0.447 e. The molecule has 0 aliphatic heterocycles. The minimum atomic E-state index is -3.63. The molecule has 0 saturated heterocycles. The molecule has 1 rings (SSSR count). The van der Waals surface area contributed by atoms with Crippen LogP contribution in [0.2, 0.25) is 0 Å². The van der Waals surface area contributed by atoms with E-state index in [-0.39, 0.29) is 16.9 Å². The Morgan fingerprint density at radius 2 is 2.10 bits per heavy atom. The molecular formula is C12H22N2O4S2. The number of hydrogen-bond donors (Lipinski definition) is 2. The van der Waals surface area contributed by atoms with Crippen molar-refractivity contribution in [3.63, 3.8) is 0 Å². The van der Waals surface area contributed by atoms with Crippen molar-refractivity contribution in [3.05, 3.63) is 17.9 Å². The van der Waals surface area contributed by atoms with Gasteiger partial charge < -0.3 is 9.73 Å². The highest BCUT2D eigenvalue weighted by Crippen LogP contribution is 2.13. The van der Waals surface area contributed by atoms with E-state index in [1.54, 1.807) is 12.3 Å². The molecule has 0 radical (unpaired) electrons. The molecule has 2 N–H and O–H groups in total. The Hall–Kier alpha value is -0.700. The number of nitrogens with one attached hydrogen (secondary N) is 2. The molecule has 0 saturated carbocycles. The summed E-state index contributed by atoms with van der Waals surface area (Å²) in [7, 11) is -4.58. The van der Waals surface area contributed by atoms with Gasteiger partial charge in [0.25, 0.3) is 10.0 Å². The molecule has 0 aliphatic rings. The van der Waals surface area contributed by atoms with Gasteiger partial charge in [-0.05, 0) is 25.1 Å². The van der Waals surface area contributed by atoms with Gasteiger partial charge in [0.2, 0.25) is 5.09 Å². The molecule has 1 aromatic rings. The van der Waals surface area contributed by atoms with Crippen molar-refractivity contribution < 1.29 is 17.0 Å². The van der Waals surface area contributed by atoms with Crippen LogP contribution in [-0.4, -0.2) is 37.2 Å². The molecule has 1 heterocycles. The van der Waals surface area contributed by atoms with Gasteiger partial charge in [-0.2, -0.15) is 0 Å². The van der Waals surface area contributed by atoms with Gasteiger partial charge in [0.15, 0.2) is 0 Å². The second kappa shape index (κ2) is 7.92. The van der Waals surface area contributed by atoms with Gasteiger partial charge in [0.05, 0.1) is 6.54 Å². The maximum atomic E-state index is 12.0. The number of rotatable bonds is 9. The Kier molecular flexibility index (Phi) is 6.87. The van der Waals surface area contributed by atoms with E-state index in [1.165, 1.54) is 6.07 Å². The van der Waals surface area contributed by atoms with Crippen LogP contribution in [0.5, 0.6) is 0 Å². The molecular weight excluding hydrogens is 300 g/mol. The first-order valence-corrected chi connectivity index (χ1v) is 9.58. The fraction of sp³-hybridized carbons (Fsp3) is 0.667. The first kappa shape index (κ1) is 17.4. The minimum absolute atomic E-state index is 0.0429. The van der Waals surface area contributed by atoms with Crippen molar-refractivity contribution in [1.29, 1.82) is 0 Å². The van der Waals surface area contributed by atoms with E-state index in [4.69, 9.17) is 4.42 Å². The molecule has 0 fully saturated rings. The summed E-state index contributed by atoms with van der Waals surface area (Å²) < 4.78 is 42.9. The highest BCUT2D eigenvalue weighted by molar-refractivity contribution is 7.89. The lowest BCUT2D eigenvalue weighted by Crippen LogP contribution is -2.27. The molecule has 0 spiro atoms. The van der Waals surface area contributed by atoms with E-state index >= 15 is 0 Å². The largest absolute Gasteiger partial charge is 0.447 e. The van der Waals surface area contributed by atoms with Crippen LogP contribution in [0.15, 0.2) is 21.6 Å². The molecule has 8 heteroatoms. The van der Waals surface area contributed by atoms with E-state index < -0.39 is 20.8 Å². The fourth-order valence-electron chi connectivity index (χ4n) is 1.48. The van der Waals surface area contributed by atoms with Crippen LogP contribution < -0.4 is 10.0 Å². The third-order valence-corrected chi connectivity index (χ3v) is 5.56. The van der Waals surface area contributed by atoms with E-state index in [0.29, 0.717) is 18.7 Å². The van der Waals surface area contributed by atoms with Gasteiger partial charge >= 0.3 is 0 Å². The standard InChI is InChI=1S/C12H22N2O4S2/c1-4-13-9-11-5-6-12(18-11)20(16,17)14-8-7-10(2)19(3)15/h5-6,10,13-14H,4,7-9H2,1-3H3. The van der Waals surface area contributed by atoms with Crippen molar-refractivity contribution in [2.75, 3.05) is 19.3 Å². The van der Waals surface area contributed by atoms with Crippen LogP contribution in [0.1, 0.15) is 26.0 Å². The summed E-state index contributed by atoms with van der Waals surface area (Å²) in [5.41, 5.74) is 0. The molecule has 2 atom stereocenters. The molecule has 0 amide bonds. The molecule has 2 unspecified atom stereocenters. The predicted octanol–water partition coefficient (Wildman–Crippen LogP) is 0.824. The van der Waals surface area contributed by atoms with Gasteiger partial charge in [-0.1, -0.05) is 13.8 Å². The summed E-state index contributed by atoms with van der Waals surface area (Å²) in [6.07, 6.45) is 2.13. The molecule has 0 bridgehead atoms. The van der Waals surface area contributed by atoms with Crippen LogP contribution in [0, 0.1) is 0 Å². The highest BCUT2D eigenvalue weighted by Gasteiger charge is 2.18. The number of furan rings is 1. The average molecular weight is 322 g/mol. The summed E-state index contributed by atoms with van der Waals surface area (Å²) in [6, 6.07) is 3.08. The topological polar surface area (TPSA) is 88.4 Å². The van der Waals surface area contributed by atoms with Gasteiger partial charge in [-0.25, -0.2) is 13.1 Å². The Labute approximate surface area is 122 Å². The third-order valence-electron chi connectivity index (χ3n) is 2.86. The van der Waals surface area contributed by atoms with E-state index in [9.17, 15) is 12.6 Å². The van der Waals surface area contributed by atoms with E-state index in [0.717, 1.165) is 6.54 Å². The van der Waals surface area contributed by atoms with Crippen LogP contribution in [0.3, 0.4) is 0 Å². The molecule has 0 aliphatic carbocycles. The highest BCUT2D eigenvalue weighted by atomic mass is 32.2. The lowest BCUT2D eigenvalue weighted by molar-refractivity contribution is 0.401. The van der Waals surface area contributed by atoms with Crippen molar-refractivity contribution >= 4 is 20.8 Å². The zero-order valence-electron chi connectivity index (χ0n) is 12.0. The average Bonchev–Trinajstić information content (AvgIpc) is 2.85. The van der Waals surface area contributed by atoms with E-state index in [1.807, 2.05) is 13.8 Å². The van der Waals surface area contributed by atoms with Crippen LogP contribution in [-0.2, 0) is 27.4 Å². The molecule has 0 aromatic carbocycles. The van der Waals surface area contributed by atoms with Gasteiger partial charge in [-0.3, -0.25) is 4.21 Å². The SMILES string of the molecule is CCNCc1ccc(S(=O)(=O)NCCC(C)S(C)=O)o1. The summed E-state index contributed by atoms with van der Waals surface area (Å²) in [4.78, 5) is 0. The fourth-order valence-corrected chi connectivity index (χ4v) is 2.92. The molecule has 1 aromatic heterocycles. The Bertz CT molecular complexity index is 539. The maximum Gasteiger partial charge on any atom is 0.273 e. The van der Waals surface area contributed by atoms with Crippen molar-refractivity contribution in [2.24, 2.45) is 0 Å². The summed E-state index contributed by atoms with van der Waals surface area (Å²) in [5, 5.41) is 2.93. The Morgan fingerprint density at radius 1 is 1.40 bits per heavy atom. The van der Waals surface area contributed by atoms with Crippen molar-refractivity contribution in [3.8, 4) is 0 Å². The quantitative estimate of drug-likeness (QED) is 0.703. The third kappa shape index (κ3) is 5.35. The van der Waals surface area contributed by atoms with Crippen molar-refractivity contribution in [2.45, 2.75) is 37.2 Å². The van der Waals surface area contributed by atoms with Crippen LogP contribution >= 0.6 is 0 Å². The van der Waals surface area contributed by atoms with Gasteiger partial charge in [-0.15, -0.1) is 0 Å². The van der Waals surface area contributed by atoms with Crippen molar-refractivity contribution in [1.82, 2.24) is 10.0 Å². The van der Waals surface area contributed by atoms with Gasteiger partial charge in [0, 0.05) is 28.9 Å². The molecule has 6 nitrogen and oxygen atoms in total. The summed E-state index contributed by atoms with van der Waals surface area (Å²) >= 11 is 0. The first-order valence-electron chi connectivity index (χ1n) is 6.48. The summed E-state index contributed by atoms with van der Waals surface area (Å²) in [6.45, 7) is 5.31. The zero-order chi connectivity index (χ0) is 15.2. The molecule has 116 valence electrons. The lowest BCUT2D eigenvalue weighted by Gasteiger charge is -2.08. The smallest absolute Gasteiger partial charge is 0.273 e. The molecule has 20 heavy (non-hydrogen) atoms. The Balaban J connectivity index is 2.55. The normalized spacial score (nSPS) is 15.2. The maximum absolute atomic E-state index is 12.0. The monoisotopic (exact) mass is 322 g/mol. The lowest BCUT2D eigenvalue weighted by atomic mass is 10.3. The second-order valence-corrected chi connectivity index (χ2v) is 8.00. The number of sulfonamides is 1. The number of hydrogen-bond acceptors (Lipinski definition) is 5. The predicted molar refractivity (Wildman–Crippen MR) is 79.4 cm³/mol. The van der Waals surface area contributed by atoms with Gasteiger partial charge in [0.1, 0.15) is 5.76 Å². The zero-order valence-corrected chi connectivity index (χ0v) is 13.6. The second-order valence-electron chi connectivity index (χ2n) is 4.50. The Morgan fingerprint density at radius 3 is 2.70 bits per heavy atom. The van der Waals surface area contributed by atoms with Crippen LogP contribution in [0.25, 0.3) is 0 Å². The van der Waals surface area contributed by atoms with E-state index in [2.05, 4.69) is 10.0 Å². The van der Waals surface area contributed by atoms with Crippen LogP contribution in [0.4, 0.5) is 0 Å². The summed E-state index contributed by atoms with van der Waals surface area (Å²) in [5.74, 6) is 0.579.